The van der Waals surface area contributed by atoms with Crippen molar-refractivity contribution < 1.29 is 9.90 Å². The Kier molecular flexibility index (Phi) is 5.34. The van der Waals surface area contributed by atoms with Crippen molar-refractivity contribution in [3.05, 3.63) is 27.3 Å². The molecule has 0 radical (unpaired) electrons. The molecule has 0 bridgehead atoms. The zero-order chi connectivity index (χ0) is 14.8. The minimum absolute atomic E-state index is 0.0384. The third kappa shape index (κ3) is 3.67. The SMILES string of the molecule is CC1CCCC(CBr)(NC(=O)c2cc(I)ccc2O)C1. The molecule has 1 aromatic carbocycles. The first-order chi connectivity index (χ1) is 9.46. The second-order valence-corrected chi connectivity index (χ2v) is 7.54. The maximum Gasteiger partial charge on any atom is 0.255 e. The van der Waals surface area contributed by atoms with E-state index in [1.54, 1.807) is 18.2 Å². The lowest BCUT2D eigenvalue weighted by Crippen LogP contribution is -2.52. The highest BCUT2D eigenvalue weighted by Gasteiger charge is 2.35. The first-order valence-corrected chi connectivity index (χ1v) is 9.03. The molecule has 0 saturated heterocycles. The lowest BCUT2D eigenvalue weighted by Gasteiger charge is -2.39. The molecule has 0 heterocycles. The maximum atomic E-state index is 12.5. The predicted octanol–water partition coefficient (Wildman–Crippen LogP) is 4.07. The minimum Gasteiger partial charge on any atom is -0.507 e. The number of alkyl halides is 1. The van der Waals surface area contributed by atoms with E-state index < -0.39 is 0 Å². The zero-order valence-corrected chi connectivity index (χ0v) is 15.2. The van der Waals surface area contributed by atoms with Crippen molar-refractivity contribution in [2.24, 2.45) is 5.92 Å². The van der Waals surface area contributed by atoms with E-state index in [4.69, 9.17) is 0 Å². The van der Waals surface area contributed by atoms with Crippen LogP contribution >= 0.6 is 38.5 Å². The fraction of sp³-hybridized carbons (Fsp3) is 0.533. The summed E-state index contributed by atoms with van der Waals surface area (Å²) in [5.74, 6) is 0.470. The molecule has 1 aromatic rings. The lowest BCUT2D eigenvalue weighted by molar-refractivity contribution is 0.0867. The Balaban J connectivity index is 2.19. The largest absolute Gasteiger partial charge is 0.507 e. The van der Waals surface area contributed by atoms with Crippen LogP contribution in [-0.2, 0) is 0 Å². The molecule has 1 fully saturated rings. The van der Waals surface area contributed by atoms with Crippen LogP contribution in [0.1, 0.15) is 43.0 Å². The van der Waals surface area contributed by atoms with E-state index in [0.717, 1.165) is 28.2 Å². The molecule has 110 valence electrons. The van der Waals surface area contributed by atoms with Gasteiger partial charge in [0.1, 0.15) is 5.75 Å². The van der Waals surface area contributed by atoms with Crippen LogP contribution in [0.15, 0.2) is 18.2 Å². The van der Waals surface area contributed by atoms with Gasteiger partial charge in [0.05, 0.1) is 11.1 Å². The summed E-state index contributed by atoms with van der Waals surface area (Å²) in [7, 11) is 0. The number of halogens is 2. The highest BCUT2D eigenvalue weighted by Crippen LogP contribution is 2.34. The summed E-state index contributed by atoms with van der Waals surface area (Å²) in [4.78, 5) is 12.5. The van der Waals surface area contributed by atoms with E-state index in [2.05, 4.69) is 50.8 Å². The zero-order valence-electron chi connectivity index (χ0n) is 11.5. The number of phenols is 1. The van der Waals surface area contributed by atoms with Crippen LogP contribution in [0.2, 0.25) is 0 Å². The Bertz CT molecular complexity index is 509. The number of hydrogen-bond donors (Lipinski definition) is 2. The fourth-order valence-corrected chi connectivity index (χ4v) is 4.07. The first-order valence-electron chi connectivity index (χ1n) is 6.83. The van der Waals surface area contributed by atoms with Crippen molar-refractivity contribution >= 4 is 44.4 Å². The molecular formula is C15H19BrINO2. The third-order valence-electron chi connectivity index (χ3n) is 3.93. The Morgan fingerprint density at radius 3 is 3.00 bits per heavy atom. The van der Waals surface area contributed by atoms with Crippen molar-refractivity contribution in [1.82, 2.24) is 5.32 Å². The van der Waals surface area contributed by atoms with Crippen LogP contribution in [0, 0.1) is 9.49 Å². The number of benzene rings is 1. The number of carbonyl (C=O) groups excluding carboxylic acids is 1. The maximum absolute atomic E-state index is 12.5. The number of nitrogens with one attached hydrogen (secondary N) is 1. The van der Waals surface area contributed by atoms with Gasteiger partial charge in [-0.3, -0.25) is 4.79 Å². The van der Waals surface area contributed by atoms with Crippen molar-refractivity contribution in [2.75, 3.05) is 5.33 Å². The van der Waals surface area contributed by atoms with E-state index in [0.29, 0.717) is 11.5 Å². The molecule has 1 aliphatic carbocycles. The summed E-state index contributed by atoms with van der Waals surface area (Å²) in [5, 5.41) is 13.8. The van der Waals surface area contributed by atoms with Crippen LogP contribution in [0.25, 0.3) is 0 Å². The van der Waals surface area contributed by atoms with Crippen molar-refractivity contribution in [3.63, 3.8) is 0 Å². The van der Waals surface area contributed by atoms with E-state index in [9.17, 15) is 9.90 Å². The van der Waals surface area contributed by atoms with Crippen molar-refractivity contribution in [3.8, 4) is 5.75 Å². The second-order valence-electron chi connectivity index (χ2n) is 5.73. The van der Waals surface area contributed by atoms with E-state index in [-0.39, 0.29) is 17.2 Å². The van der Waals surface area contributed by atoms with Gasteiger partial charge in [0, 0.05) is 8.90 Å². The van der Waals surface area contributed by atoms with E-state index in [1.165, 1.54) is 6.42 Å². The third-order valence-corrected chi connectivity index (χ3v) is 5.67. The lowest BCUT2D eigenvalue weighted by atomic mass is 9.77. The molecule has 0 aliphatic heterocycles. The minimum atomic E-state index is -0.192. The number of aromatic hydroxyl groups is 1. The molecule has 20 heavy (non-hydrogen) atoms. The Morgan fingerprint density at radius 1 is 1.60 bits per heavy atom. The van der Waals surface area contributed by atoms with Crippen LogP contribution in [-0.4, -0.2) is 21.9 Å². The summed E-state index contributed by atoms with van der Waals surface area (Å²) in [6.45, 7) is 2.23. The number of phenolic OH excluding ortho intramolecular Hbond substituents is 1. The summed E-state index contributed by atoms with van der Waals surface area (Å²) in [6, 6.07) is 5.08. The Morgan fingerprint density at radius 2 is 2.35 bits per heavy atom. The Hall–Kier alpha value is -0.300. The van der Waals surface area contributed by atoms with Gasteiger partial charge in [0.15, 0.2) is 0 Å². The topological polar surface area (TPSA) is 49.3 Å². The number of carbonyl (C=O) groups is 1. The smallest absolute Gasteiger partial charge is 0.255 e. The van der Waals surface area contributed by atoms with Gasteiger partial charge in [0.25, 0.3) is 5.91 Å². The van der Waals surface area contributed by atoms with Gasteiger partial charge >= 0.3 is 0 Å². The highest BCUT2D eigenvalue weighted by atomic mass is 127. The molecule has 1 saturated carbocycles. The molecule has 1 aliphatic rings. The second kappa shape index (κ2) is 6.64. The van der Waals surface area contributed by atoms with Gasteiger partial charge in [-0.1, -0.05) is 35.7 Å². The summed E-state index contributed by atoms with van der Waals surface area (Å²) < 4.78 is 0.940. The van der Waals surface area contributed by atoms with Crippen LogP contribution < -0.4 is 5.32 Å². The van der Waals surface area contributed by atoms with Gasteiger partial charge in [-0.15, -0.1) is 0 Å². The Labute approximate surface area is 141 Å². The molecule has 0 aromatic heterocycles. The standard InChI is InChI=1S/C15H19BrINO2/c1-10-3-2-6-15(8-10,9-16)18-14(20)12-7-11(17)4-5-13(12)19/h4-5,7,10,19H,2-3,6,8-9H2,1H3,(H,18,20). The average molecular weight is 452 g/mol. The molecule has 2 rings (SSSR count). The predicted molar refractivity (Wildman–Crippen MR) is 92.4 cm³/mol. The van der Waals surface area contributed by atoms with E-state index in [1.807, 2.05) is 0 Å². The number of amides is 1. The molecule has 3 nitrogen and oxygen atoms in total. The highest BCUT2D eigenvalue weighted by molar-refractivity contribution is 14.1. The average Bonchev–Trinajstić information content (AvgIpc) is 2.41. The van der Waals surface area contributed by atoms with Crippen LogP contribution in [0.3, 0.4) is 0 Å². The molecule has 2 N–H and O–H groups in total. The normalized spacial score (nSPS) is 26.2. The van der Waals surface area contributed by atoms with E-state index >= 15 is 0 Å². The quantitative estimate of drug-likeness (QED) is 0.537. The molecule has 1 amide bonds. The molecule has 0 spiro atoms. The summed E-state index contributed by atoms with van der Waals surface area (Å²) in [5.41, 5.74) is 0.165. The van der Waals surface area contributed by atoms with Crippen molar-refractivity contribution in [2.45, 2.75) is 38.1 Å². The van der Waals surface area contributed by atoms with Gasteiger partial charge < -0.3 is 10.4 Å². The van der Waals surface area contributed by atoms with Gasteiger partial charge in [-0.25, -0.2) is 0 Å². The monoisotopic (exact) mass is 451 g/mol. The molecular weight excluding hydrogens is 433 g/mol. The van der Waals surface area contributed by atoms with Gasteiger partial charge in [0.2, 0.25) is 0 Å². The van der Waals surface area contributed by atoms with Gasteiger partial charge in [-0.2, -0.15) is 0 Å². The molecule has 2 unspecified atom stereocenters. The molecule has 2 atom stereocenters. The summed E-state index contributed by atoms with van der Waals surface area (Å²) >= 11 is 5.69. The summed E-state index contributed by atoms with van der Waals surface area (Å²) in [6.07, 6.45) is 4.32. The van der Waals surface area contributed by atoms with Crippen LogP contribution in [0.4, 0.5) is 0 Å². The number of rotatable bonds is 3. The van der Waals surface area contributed by atoms with Crippen molar-refractivity contribution in [1.29, 1.82) is 0 Å². The number of hydrogen-bond acceptors (Lipinski definition) is 2. The first kappa shape index (κ1) is 16.1. The molecule has 5 heteroatoms. The van der Waals surface area contributed by atoms with Crippen LogP contribution in [0.5, 0.6) is 5.75 Å². The fourth-order valence-electron chi connectivity index (χ4n) is 2.93. The van der Waals surface area contributed by atoms with Gasteiger partial charge in [-0.05, 0) is 59.5 Å².